The van der Waals surface area contributed by atoms with E-state index in [0.717, 1.165) is 21.6 Å². The van der Waals surface area contributed by atoms with Gasteiger partial charge >= 0.3 is 0 Å². The Morgan fingerprint density at radius 3 is 2.43 bits per heavy atom. The molecule has 0 fully saturated rings. The number of hydrogen-bond donors (Lipinski definition) is 2. The summed E-state index contributed by atoms with van der Waals surface area (Å²) in [4.78, 5) is 2.03. The van der Waals surface area contributed by atoms with Gasteiger partial charge in [0.2, 0.25) is 0 Å². The molecular formula is C15H16BrN3O2. The highest BCUT2D eigenvalue weighted by Gasteiger charge is 2.10. The Morgan fingerprint density at radius 2 is 1.90 bits per heavy atom. The molecule has 0 aliphatic rings. The highest BCUT2D eigenvalue weighted by molar-refractivity contribution is 9.10. The minimum atomic E-state index is 0.0781. The number of methoxy groups -OCH3 is 1. The molecule has 110 valence electrons. The first-order chi connectivity index (χ1) is 10.1. The highest BCUT2D eigenvalue weighted by atomic mass is 79.9. The molecule has 2 rings (SSSR count). The Morgan fingerprint density at radius 1 is 1.24 bits per heavy atom. The summed E-state index contributed by atoms with van der Waals surface area (Å²) in [7, 11) is 3.60. The molecular weight excluding hydrogens is 334 g/mol. The van der Waals surface area contributed by atoms with Crippen molar-refractivity contribution in [3.8, 4) is 5.75 Å². The minimum absolute atomic E-state index is 0.0781. The van der Waals surface area contributed by atoms with Crippen LogP contribution in [0.3, 0.4) is 0 Å². The van der Waals surface area contributed by atoms with Crippen LogP contribution in [0.25, 0.3) is 0 Å². The molecule has 0 saturated heterocycles. The molecule has 21 heavy (non-hydrogen) atoms. The zero-order valence-electron chi connectivity index (χ0n) is 11.7. The smallest absolute Gasteiger partial charge is 0.170 e. The third kappa shape index (κ3) is 3.28. The van der Waals surface area contributed by atoms with Crippen LogP contribution in [0, 0.1) is 0 Å². The maximum absolute atomic E-state index is 8.71. The van der Waals surface area contributed by atoms with Gasteiger partial charge in [0.25, 0.3) is 0 Å². The zero-order valence-corrected chi connectivity index (χ0v) is 13.3. The molecule has 0 radical (unpaired) electrons. The van der Waals surface area contributed by atoms with Gasteiger partial charge < -0.3 is 20.6 Å². The monoisotopic (exact) mass is 349 g/mol. The van der Waals surface area contributed by atoms with Gasteiger partial charge in [-0.25, -0.2) is 0 Å². The Balaban J connectivity index is 2.32. The van der Waals surface area contributed by atoms with E-state index in [1.807, 2.05) is 48.3 Å². The molecule has 0 atom stereocenters. The van der Waals surface area contributed by atoms with E-state index in [1.165, 1.54) is 0 Å². The van der Waals surface area contributed by atoms with E-state index in [2.05, 4.69) is 21.1 Å². The first-order valence-electron chi connectivity index (χ1n) is 6.22. The van der Waals surface area contributed by atoms with E-state index < -0.39 is 0 Å². The van der Waals surface area contributed by atoms with Gasteiger partial charge in [-0.05, 0) is 58.4 Å². The largest absolute Gasteiger partial charge is 0.497 e. The van der Waals surface area contributed by atoms with Gasteiger partial charge in [-0.1, -0.05) is 5.16 Å². The fourth-order valence-electron chi connectivity index (χ4n) is 1.94. The van der Waals surface area contributed by atoms with Crippen LogP contribution in [-0.2, 0) is 0 Å². The van der Waals surface area contributed by atoms with Gasteiger partial charge in [0, 0.05) is 22.8 Å². The lowest BCUT2D eigenvalue weighted by Crippen LogP contribution is -2.14. The minimum Gasteiger partial charge on any atom is -0.497 e. The fraction of sp³-hybridized carbons (Fsp3) is 0.133. The molecule has 3 N–H and O–H groups in total. The van der Waals surface area contributed by atoms with Crippen LogP contribution in [0.15, 0.2) is 52.1 Å². The van der Waals surface area contributed by atoms with Crippen molar-refractivity contribution < 1.29 is 9.94 Å². The third-order valence-electron chi connectivity index (χ3n) is 3.17. The van der Waals surface area contributed by atoms with Gasteiger partial charge in [-0.3, -0.25) is 0 Å². The van der Waals surface area contributed by atoms with E-state index >= 15 is 0 Å². The Labute approximate surface area is 131 Å². The molecule has 6 heteroatoms. The second kappa shape index (κ2) is 6.49. The lowest BCUT2D eigenvalue weighted by Gasteiger charge is -2.21. The third-order valence-corrected chi connectivity index (χ3v) is 3.81. The molecule has 0 aliphatic heterocycles. The molecule has 0 amide bonds. The highest BCUT2D eigenvalue weighted by Crippen LogP contribution is 2.32. The zero-order chi connectivity index (χ0) is 15.4. The Bertz CT molecular complexity index is 656. The summed E-state index contributed by atoms with van der Waals surface area (Å²) in [5.74, 6) is 0.892. The van der Waals surface area contributed by atoms with Gasteiger partial charge in [0.1, 0.15) is 5.75 Å². The lowest BCUT2D eigenvalue weighted by atomic mass is 10.1. The van der Waals surface area contributed by atoms with Crippen LogP contribution in [0.5, 0.6) is 5.75 Å². The maximum Gasteiger partial charge on any atom is 0.170 e. The second-order valence-corrected chi connectivity index (χ2v) is 5.26. The average Bonchev–Trinajstić information content (AvgIpc) is 2.53. The van der Waals surface area contributed by atoms with Crippen molar-refractivity contribution in [2.24, 2.45) is 10.9 Å². The molecule has 0 aliphatic carbocycles. The van der Waals surface area contributed by atoms with Crippen LogP contribution >= 0.6 is 15.9 Å². The fourth-order valence-corrected chi connectivity index (χ4v) is 2.59. The van der Waals surface area contributed by atoms with Gasteiger partial charge in [-0.2, -0.15) is 0 Å². The van der Waals surface area contributed by atoms with E-state index in [9.17, 15) is 0 Å². The average molecular weight is 350 g/mol. The molecule has 0 aromatic heterocycles. The Kier molecular flexibility index (Phi) is 4.70. The Hall–Kier alpha value is -2.21. The molecule has 0 spiro atoms. The predicted molar refractivity (Wildman–Crippen MR) is 87.7 cm³/mol. The van der Waals surface area contributed by atoms with Crippen molar-refractivity contribution in [1.29, 1.82) is 0 Å². The van der Waals surface area contributed by atoms with Crippen LogP contribution in [0.1, 0.15) is 5.56 Å². The van der Waals surface area contributed by atoms with Crippen LogP contribution in [0.4, 0.5) is 11.4 Å². The van der Waals surface area contributed by atoms with Gasteiger partial charge in [0.05, 0.1) is 12.8 Å². The van der Waals surface area contributed by atoms with Crippen molar-refractivity contribution in [3.05, 3.63) is 52.5 Å². The van der Waals surface area contributed by atoms with Crippen molar-refractivity contribution in [1.82, 2.24) is 0 Å². The number of nitrogens with two attached hydrogens (primary N) is 1. The summed E-state index contributed by atoms with van der Waals surface area (Å²) in [6, 6.07) is 13.3. The number of ether oxygens (including phenoxy) is 1. The number of anilines is 2. The molecule has 0 saturated carbocycles. The summed E-state index contributed by atoms with van der Waals surface area (Å²) in [5, 5.41) is 11.7. The van der Waals surface area contributed by atoms with Crippen molar-refractivity contribution in [2.45, 2.75) is 0 Å². The summed E-state index contributed by atoms with van der Waals surface area (Å²) in [6.45, 7) is 0. The van der Waals surface area contributed by atoms with E-state index in [-0.39, 0.29) is 5.84 Å². The van der Waals surface area contributed by atoms with Crippen molar-refractivity contribution in [2.75, 3.05) is 19.1 Å². The van der Waals surface area contributed by atoms with Crippen molar-refractivity contribution in [3.63, 3.8) is 0 Å². The van der Waals surface area contributed by atoms with Crippen LogP contribution in [0.2, 0.25) is 0 Å². The molecule has 2 aromatic carbocycles. The van der Waals surface area contributed by atoms with E-state index in [4.69, 9.17) is 15.7 Å². The molecule has 0 unspecified atom stereocenters. The maximum atomic E-state index is 8.71. The lowest BCUT2D eigenvalue weighted by molar-refractivity contribution is 0.318. The number of amidine groups is 1. The summed E-state index contributed by atoms with van der Waals surface area (Å²) >= 11 is 3.51. The molecule has 2 aromatic rings. The van der Waals surface area contributed by atoms with E-state index in [1.54, 1.807) is 13.2 Å². The quantitative estimate of drug-likeness (QED) is 0.384. The molecule has 0 bridgehead atoms. The number of halogens is 1. The first kappa shape index (κ1) is 15.2. The second-order valence-electron chi connectivity index (χ2n) is 4.41. The van der Waals surface area contributed by atoms with Crippen molar-refractivity contribution >= 4 is 33.1 Å². The first-order valence-corrected chi connectivity index (χ1v) is 7.01. The summed E-state index contributed by atoms with van der Waals surface area (Å²) < 4.78 is 6.01. The standard InChI is InChI=1S/C15H16BrN3O2/c1-19(11-4-6-12(21-2)7-5-11)14-8-3-10(9-13(14)16)15(17)18-20/h3-9,20H,1-2H3,(H2,17,18). The molecule has 0 heterocycles. The number of benzene rings is 2. The van der Waals surface area contributed by atoms with E-state index in [0.29, 0.717) is 5.56 Å². The number of oxime groups is 1. The predicted octanol–water partition coefficient (Wildman–Crippen LogP) is 3.32. The normalized spacial score (nSPS) is 11.3. The number of rotatable bonds is 4. The summed E-state index contributed by atoms with van der Waals surface area (Å²) in [5.41, 5.74) is 8.22. The van der Waals surface area contributed by atoms with Gasteiger partial charge in [-0.15, -0.1) is 0 Å². The van der Waals surface area contributed by atoms with Gasteiger partial charge in [0.15, 0.2) is 5.84 Å². The number of nitrogens with zero attached hydrogens (tertiary/aromatic N) is 2. The SMILES string of the molecule is COc1ccc(N(C)c2ccc(/C(N)=N/O)cc2Br)cc1. The molecule has 5 nitrogen and oxygen atoms in total. The van der Waals surface area contributed by atoms with Crippen LogP contribution < -0.4 is 15.4 Å². The topological polar surface area (TPSA) is 71.1 Å². The number of hydrogen-bond acceptors (Lipinski definition) is 4. The summed E-state index contributed by atoms with van der Waals surface area (Å²) in [6.07, 6.45) is 0. The van der Waals surface area contributed by atoms with Crippen LogP contribution in [-0.4, -0.2) is 25.2 Å².